The lowest BCUT2D eigenvalue weighted by molar-refractivity contribution is -0.171. The smallest absolute Gasteiger partial charge is 0.324 e. The number of benzene rings is 1. The second-order valence-corrected chi connectivity index (χ2v) is 7.96. The fraction of sp³-hybridized carbons (Fsp3) is 0.632. The molecule has 0 radical (unpaired) electrons. The Balaban J connectivity index is 1.91. The molecule has 5 heteroatoms. The average molecular weight is 333 g/mol. The number of piperidine rings is 1. The molecule has 1 aromatic rings. The molecule has 6 atom stereocenters. The van der Waals surface area contributed by atoms with Crippen LogP contribution in [0.4, 0.5) is 0 Å². The summed E-state index contributed by atoms with van der Waals surface area (Å²) in [6.45, 7) is 7.56. The maximum Gasteiger partial charge on any atom is 0.324 e. The van der Waals surface area contributed by atoms with Gasteiger partial charge in [0, 0.05) is 18.0 Å². The van der Waals surface area contributed by atoms with Gasteiger partial charge in [0.15, 0.2) is 0 Å². The highest BCUT2D eigenvalue weighted by Crippen LogP contribution is 2.47. The van der Waals surface area contributed by atoms with Gasteiger partial charge in [-0.1, -0.05) is 30.3 Å². The van der Waals surface area contributed by atoms with E-state index >= 15 is 0 Å². The molecule has 2 fully saturated rings. The van der Waals surface area contributed by atoms with E-state index in [1.54, 1.807) is 0 Å². The fourth-order valence-electron chi connectivity index (χ4n) is 4.17. The first-order valence-corrected chi connectivity index (χ1v) is 8.62. The fourth-order valence-corrected chi connectivity index (χ4v) is 4.17. The van der Waals surface area contributed by atoms with Crippen LogP contribution < -0.4 is 0 Å². The van der Waals surface area contributed by atoms with Gasteiger partial charge < -0.3 is 14.9 Å². The van der Waals surface area contributed by atoms with E-state index in [4.69, 9.17) is 4.74 Å². The number of ether oxygens (including phenoxy) is 1. The first-order chi connectivity index (χ1) is 11.2. The van der Waals surface area contributed by atoms with Gasteiger partial charge in [0.25, 0.3) is 0 Å². The second-order valence-electron chi connectivity index (χ2n) is 7.96. The molecule has 5 nitrogen and oxygen atoms in total. The average Bonchev–Trinajstić information content (AvgIpc) is 3.03. The highest BCUT2D eigenvalue weighted by atomic mass is 16.6. The summed E-state index contributed by atoms with van der Waals surface area (Å²) < 4.78 is 5.60. The number of rotatable bonds is 3. The van der Waals surface area contributed by atoms with Gasteiger partial charge in [0.1, 0.15) is 11.6 Å². The lowest BCUT2D eigenvalue weighted by atomic mass is 9.92. The molecule has 2 aliphatic rings. The van der Waals surface area contributed by atoms with Gasteiger partial charge in [-0.3, -0.25) is 9.69 Å². The lowest BCUT2D eigenvalue weighted by Crippen LogP contribution is -2.58. The van der Waals surface area contributed by atoms with E-state index in [0.29, 0.717) is 6.42 Å². The van der Waals surface area contributed by atoms with Gasteiger partial charge >= 0.3 is 5.97 Å². The second kappa shape index (κ2) is 6.14. The maximum absolute atomic E-state index is 12.8. The number of likely N-dealkylation sites (tertiary alicyclic amines) is 1. The molecule has 1 aliphatic heterocycles. The molecule has 132 valence electrons. The van der Waals surface area contributed by atoms with Crippen molar-refractivity contribution in [2.75, 3.05) is 0 Å². The number of hydrogen-bond acceptors (Lipinski definition) is 5. The first-order valence-electron chi connectivity index (χ1n) is 8.62. The number of hydrogen-bond donors (Lipinski definition) is 2. The van der Waals surface area contributed by atoms with Gasteiger partial charge in [-0.15, -0.1) is 0 Å². The van der Waals surface area contributed by atoms with Crippen LogP contribution in [0, 0.1) is 5.92 Å². The van der Waals surface area contributed by atoms with Gasteiger partial charge in [0.2, 0.25) is 0 Å². The van der Waals surface area contributed by atoms with Crippen LogP contribution in [0.15, 0.2) is 30.3 Å². The molecule has 3 rings (SSSR count). The molecule has 1 heterocycles. The lowest BCUT2D eigenvalue weighted by Gasteiger charge is -2.42. The Bertz CT molecular complexity index is 597. The van der Waals surface area contributed by atoms with Crippen molar-refractivity contribution in [2.45, 2.75) is 70.1 Å². The topological polar surface area (TPSA) is 70.0 Å². The van der Waals surface area contributed by atoms with E-state index in [9.17, 15) is 15.0 Å². The van der Waals surface area contributed by atoms with Crippen LogP contribution in [0.1, 0.15) is 45.7 Å². The van der Waals surface area contributed by atoms with Crippen molar-refractivity contribution in [1.82, 2.24) is 4.90 Å². The van der Waals surface area contributed by atoms with E-state index in [2.05, 4.69) is 0 Å². The van der Waals surface area contributed by atoms with Crippen LogP contribution in [-0.2, 0) is 9.53 Å². The summed E-state index contributed by atoms with van der Waals surface area (Å²) in [5.41, 5.74) is 0.504. The largest absolute Gasteiger partial charge is 0.459 e. The quantitative estimate of drug-likeness (QED) is 0.827. The number of esters is 1. The Labute approximate surface area is 143 Å². The van der Waals surface area contributed by atoms with E-state index < -0.39 is 23.9 Å². The maximum atomic E-state index is 12.8. The Kier molecular flexibility index (Phi) is 4.45. The summed E-state index contributed by atoms with van der Waals surface area (Å²) in [5.74, 6) is -0.602. The normalized spacial score (nSPS) is 34.3. The minimum Gasteiger partial charge on any atom is -0.459 e. The van der Waals surface area contributed by atoms with Crippen LogP contribution in [0.25, 0.3) is 0 Å². The molecule has 0 amide bonds. The van der Waals surface area contributed by atoms with Crippen molar-refractivity contribution in [3.05, 3.63) is 35.9 Å². The summed E-state index contributed by atoms with van der Waals surface area (Å²) in [6.07, 6.45) is -1.07. The van der Waals surface area contributed by atoms with Gasteiger partial charge in [-0.25, -0.2) is 0 Å². The molecular weight excluding hydrogens is 306 g/mol. The van der Waals surface area contributed by atoms with E-state index in [0.717, 1.165) is 5.56 Å². The Morgan fingerprint density at radius 3 is 2.42 bits per heavy atom. The van der Waals surface area contributed by atoms with Gasteiger partial charge in [-0.2, -0.15) is 0 Å². The van der Waals surface area contributed by atoms with Crippen LogP contribution in [-0.4, -0.2) is 51.0 Å². The predicted octanol–water partition coefficient (Wildman–Crippen LogP) is 1.88. The zero-order valence-electron chi connectivity index (χ0n) is 14.7. The SMILES string of the molecule is C[C@H](c1ccccc1)N1C2CC(C(O)C2O)C1C(=O)OC(C)(C)C. The molecule has 24 heavy (non-hydrogen) atoms. The zero-order chi connectivity index (χ0) is 17.6. The standard InChI is InChI=1S/C19H27NO4/c1-11(12-8-6-5-7-9-12)20-14-10-13(16(21)17(14)22)15(20)18(23)24-19(2,3)4/h5-9,11,13-17,21-22H,10H2,1-4H3/t11-,13?,14?,15?,16?,17?/m1/s1. The molecule has 2 bridgehead atoms. The molecule has 1 saturated carbocycles. The zero-order valence-corrected chi connectivity index (χ0v) is 14.7. The summed E-state index contributed by atoms with van der Waals surface area (Å²) in [6, 6.07) is 9.14. The first kappa shape index (κ1) is 17.4. The van der Waals surface area contributed by atoms with Gasteiger partial charge in [-0.05, 0) is 39.7 Å². The van der Waals surface area contributed by atoms with Crippen molar-refractivity contribution in [2.24, 2.45) is 5.92 Å². The molecule has 0 spiro atoms. The highest BCUT2D eigenvalue weighted by Gasteiger charge is 2.60. The van der Waals surface area contributed by atoms with Gasteiger partial charge in [0.05, 0.1) is 12.2 Å². The molecule has 5 unspecified atom stereocenters. The molecule has 1 saturated heterocycles. The third kappa shape index (κ3) is 2.96. The number of carbonyl (C=O) groups excluding carboxylic acids is 1. The van der Waals surface area contributed by atoms with Crippen molar-refractivity contribution in [3.63, 3.8) is 0 Å². The third-order valence-corrected chi connectivity index (χ3v) is 5.18. The van der Waals surface area contributed by atoms with Crippen molar-refractivity contribution in [1.29, 1.82) is 0 Å². The summed E-state index contributed by atoms with van der Waals surface area (Å²) in [4.78, 5) is 14.8. The Morgan fingerprint density at radius 1 is 1.21 bits per heavy atom. The van der Waals surface area contributed by atoms with Crippen LogP contribution in [0.5, 0.6) is 0 Å². The van der Waals surface area contributed by atoms with E-state index in [1.807, 2.05) is 62.9 Å². The third-order valence-electron chi connectivity index (χ3n) is 5.18. The Morgan fingerprint density at radius 2 is 1.83 bits per heavy atom. The molecule has 1 aliphatic carbocycles. The predicted molar refractivity (Wildman–Crippen MR) is 90.2 cm³/mol. The highest BCUT2D eigenvalue weighted by molar-refractivity contribution is 5.78. The van der Waals surface area contributed by atoms with Crippen molar-refractivity contribution >= 4 is 5.97 Å². The number of carbonyl (C=O) groups is 1. The monoisotopic (exact) mass is 333 g/mol. The molecule has 0 aromatic heterocycles. The molecule has 1 aromatic carbocycles. The van der Waals surface area contributed by atoms with Crippen LogP contribution in [0.2, 0.25) is 0 Å². The van der Waals surface area contributed by atoms with E-state index in [1.165, 1.54) is 0 Å². The minimum atomic E-state index is -0.869. The molecule has 2 N–H and O–H groups in total. The van der Waals surface area contributed by atoms with Crippen LogP contribution >= 0.6 is 0 Å². The number of aliphatic hydroxyl groups excluding tert-OH is 2. The van der Waals surface area contributed by atoms with Crippen LogP contribution in [0.3, 0.4) is 0 Å². The Hall–Kier alpha value is -1.43. The summed E-state index contributed by atoms with van der Waals surface area (Å²) in [7, 11) is 0. The number of nitrogens with zero attached hydrogens (tertiary/aromatic N) is 1. The van der Waals surface area contributed by atoms with Crippen molar-refractivity contribution < 1.29 is 19.7 Å². The van der Waals surface area contributed by atoms with Crippen molar-refractivity contribution in [3.8, 4) is 0 Å². The minimum absolute atomic E-state index is 0.0409. The summed E-state index contributed by atoms with van der Waals surface area (Å²) >= 11 is 0. The number of fused-ring (bicyclic) bond motifs is 2. The number of aliphatic hydroxyl groups is 2. The van der Waals surface area contributed by atoms with E-state index in [-0.39, 0.29) is 24.0 Å². The molecular formula is C19H27NO4. The summed E-state index contributed by atoms with van der Waals surface area (Å²) in [5, 5.41) is 20.6.